The Labute approximate surface area is 201 Å². The van der Waals surface area contributed by atoms with E-state index in [2.05, 4.69) is 27.6 Å². The van der Waals surface area contributed by atoms with Gasteiger partial charge in [-0.2, -0.15) is 0 Å². The summed E-state index contributed by atoms with van der Waals surface area (Å²) in [6.07, 6.45) is 5.02. The lowest BCUT2D eigenvalue weighted by Gasteiger charge is -2.33. The monoisotopic (exact) mass is 478 g/mol. The molecule has 1 aliphatic carbocycles. The zero-order chi connectivity index (χ0) is 22.6. The molecule has 3 unspecified atom stereocenters. The van der Waals surface area contributed by atoms with E-state index in [1.165, 1.54) is 23.3 Å². The Balaban J connectivity index is 1.28. The summed E-state index contributed by atoms with van der Waals surface area (Å²) in [6, 6.07) is 19.1. The van der Waals surface area contributed by atoms with Crippen LogP contribution in [0.2, 0.25) is 0 Å². The van der Waals surface area contributed by atoms with Crippen molar-refractivity contribution in [2.45, 2.75) is 54.3 Å². The predicted molar refractivity (Wildman–Crippen MR) is 131 cm³/mol. The molecule has 1 N–H and O–H groups in total. The smallest absolute Gasteiger partial charge is 0.254 e. The van der Waals surface area contributed by atoms with Gasteiger partial charge in [-0.05, 0) is 42.9 Å². The Bertz CT molecular complexity index is 1110. The van der Waals surface area contributed by atoms with E-state index in [0.717, 1.165) is 29.4 Å². The molecule has 3 aromatic rings. The number of carbonyl (C=O) groups excluding carboxylic acids is 2. The van der Waals surface area contributed by atoms with Crippen LogP contribution in [0.4, 0.5) is 5.13 Å². The number of thioether (sulfide) groups is 1. The molecule has 6 nitrogen and oxygen atoms in total. The minimum absolute atomic E-state index is 0.0541. The molecule has 3 atom stereocenters. The van der Waals surface area contributed by atoms with Crippen LogP contribution in [0.3, 0.4) is 0 Å². The van der Waals surface area contributed by atoms with E-state index >= 15 is 0 Å². The summed E-state index contributed by atoms with van der Waals surface area (Å²) in [5.41, 5.74) is 1.85. The van der Waals surface area contributed by atoms with E-state index in [-0.39, 0.29) is 17.9 Å². The van der Waals surface area contributed by atoms with Gasteiger partial charge in [0.2, 0.25) is 11.0 Å². The highest BCUT2D eigenvalue weighted by Gasteiger charge is 2.47. The lowest BCUT2D eigenvalue weighted by molar-refractivity contribution is -0.120. The number of hydrogen-bond donors (Lipinski definition) is 1. The zero-order valence-electron chi connectivity index (χ0n) is 18.2. The van der Waals surface area contributed by atoms with Crippen LogP contribution < -0.4 is 5.32 Å². The van der Waals surface area contributed by atoms with Gasteiger partial charge in [-0.15, -0.1) is 10.2 Å². The first-order valence-corrected chi connectivity index (χ1v) is 13.2. The SMILES string of the molecule is O=C(Nc1nnc(SCc2ccccc2)s1)C1CC2CCCCC2N1C(=O)c1ccccc1. The Morgan fingerprint density at radius 3 is 2.52 bits per heavy atom. The second-order valence-electron chi connectivity index (χ2n) is 8.58. The molecule has 0 bridgehead atoms. The minimum atomic E-state index is -0.477. The number of fused-ring (bicyclic) bond motifs is 1. The van der Waals surface area contributed by atoms with Crippen molar-refractivity contribution in [1.82, 2.24) is 15.1 Å². The first kappa shape index (κ1) is 22.1. The quantitative estimate of drug-likeness (QED) is 0.387. The van der Waals surface area contributed by atoms with Gasteiger partial charge in [-0.1, -0.05) is 84.5 Å². The van der Waals surface area contributed by atoms with Crippen LogP contribution in [0.15, 0.2) is 65.0 Å². The number of aromatic nitrogens is 2. The summed E-state index contributed by atoms with van der Waals surface area (Å²) in [5.74, 6) is 0.967. The minimum Gasteiger partial charge on any atom is -0.323 e. The van der Waals surface area contributed by atoms with Crippen molar-refractivity contribution in [3.8, 4) is 0 Å². The second kappa shape index (κ2) is 10.1. The number of likely N-dealkylation sites (tertiary alicyclic amines) is 1. The number of rotatable bonds is 6. The summed E-state index contributed by atoms with van der Waals surface area (Å²) < 4.78 is 0.812. The summed E-state index contributed by atoms with van der Waals surface area (Å²) in [6.45, 7) is 0. The third kappa shape index (κ3) is 4.96. The van der Waals surface area contributed by atoms with E-state index in [4.69, 9.17) is 0 Å². The van der Waals surface area contributed by atoms with Crippen molar-refractivity contribution >= 4 is 40.0 Å². The zero-order valence-corrected chi connectivity index (χ0v) is 19.9. The lowest BCUT2D eigenvalue weighted by Crippen LogP contribution is -2.47. The summed E-state index contributed by atoms with van der Waals surface area (Å²) in [4.78, 5) is 28.6. The number of hydrogen-bond acceptors (Lipinski definition) is 6. The topological polar surface area (TPSA) is 75.2 Å². The molecular formula is C25H26N4O2S2. The van der Waals surface area contributed by atoms with Gasteiger partial charge in [0.1, 0.15) is 6.04 Å². The van der Waals surface area contributed by atoms with Gasteiger partial charge in [-0.25, -0.2) is 0 Å². The normalized spacial score (nSPS) is 22.1. The molecule has 5 rings (SSSR count). The van der Waals surface area contributed by atoms with E-state index in [1.807, 2.05) is 53.4 Å². The summed E-state index contributed by atoms with van der Waals surface area (Å²) >= 11 is 2.98. The molecular weight excluding hydrogens is 452 g/mol. The molecule has 2 aromatic carbocycles. The molecule has 1 aliphatic heterocycles. The fourth-order valence-corrected chi connectivity index (χ4v) is 6.65. The maximum absolute atomic E-state index is 13.4. The number of nitrogens with one attached hydrogen (secondary N) is 1. The molecule has 0 spiro atoms. The molecule has 2 aliphatic rings. The van der Waals surface area contributed by atoms with Crippen LogP contribution in [0, 0.1) is 5.92 Å². The van der Waals surface area contributed by atoms with Gasteiger partial charge in [0.05, 0.1) is 0 Å². The molecule has 1 saturated carbocycles. The van der Waals surface area contributed by atoms with Gasteiger partial charge in [0, 0.05) is 17.4 Å². The van der Waals surface area contributed by atoms with Crippen LogP contribution in [0.5, 0.6) is 0 Å². The maximum atomic E-state index is 13.4. The third-order valence-electron chi connectivity index (χ3n) is 6.49. The van der Waals surface area contributed by atoms with Crippen molar-refractivity contribution in [3.05, 3.63) is 71.8 Å². The predicted octanol–water partition coefficient (Wildman–Crippen LogP) is 5.24. The Morgan fingerprint density at radius 2 is 1.73 bits per heavy atom. The molecule has 33 heavy (non-hydrogen) atoms. The fraction of sp³-hybridized carbons (Fsp3) is 0.360. The van der Waals surface area contributed by atoms with Crippen molar-refractivity contribution in [2.24, 2.45) is 5.92 Å². The largest absolute Gasteiger partial charge is 0.323 e. The number of benzene rings is 2. The van der Waals surface area contributed by atoms with E-state index in [0.29, 0.717) is 23.0 Å². The molecule has 2 fully saturated rings. The van der Waals surface area contributed by atoms with Crippen molar-refractivity contribution in [1.29, 1.82) is 0 Å². The van der Waals surface area contributed by atoms with Crippen molar-refractivity contribution in [3.63, 3.8) is 0 Å². The fourth-order valence-electron chi connectivity index (χ4n) is 4.94. The van der Waals surface area contributed by atoms with E-state index < -0.39 is 6.04 Å². The van der Waals surface area contributed by atoms with Crippen LogP contribution in [0.25, 0.3) is 0 Å². The highest BCUT2D eigenvalue weighted by atomic mass is 32.2. The Hall–Kier alpha value is -2.71. The van der Waals surface area contributed by atoms with Crippen molar-refractivity contribution in [2.75, 3.05) is 5.32 Å². The van der Waals surface area contributed by atoms with Crippen molar-refractivity contribution < 1.29 is 9.59 Å². The average molecular weight is 479 g/mol. The van der Waals surface area contributed by atoms with Crippen LogP contribution in [-0.4, -0.2) is 39.0 Å². The lowest BCUT2D eigenvalue weighted by atomic mass is 9.84. The van der Waals surface area contributed by atoms with Gasteiger partial charge >= 0.3 is 0 Å². The van der Waals surface area contributed by atoms with Gasteiger partial charge < -0.3 is 4.90 Å². The number of nitrogens with zero attached hydrogens (tertiary/aromatic N) is 3. The first-order chi connectivity index (χ1) is 16.2. The molecule has 1 saturated heterocycles. The average Bonchev–Trinajstić information content (AvgIpc) is 3.48. The van der Waals surface area contributed by atoms with E-state index in [9.17, 15) is 9.59 Å². The van der Waals surface area contributed by atoms with Gasteiger partial charge in [0.15, 0.2) is 4.34 Å². The highest BCUT2D eigenvalue weighted by Crippen LogP contribution is 2.41. The highest BCUT2D eigenvalue weighted by molar-refractivity contribution is 8.00. The number of amides is 2. The number of carbonyl (C=O) groups is 2. The summed E-state index contributed by atoms with van der Waals surface area (Å²) in [5, 5.41) is 11.8. The van der Waals surface area contributed by atoms with Crippen LogP contribution in [0.1, 0.15) is 48.0 Å². The van der Waals surface area contributed by atoms with Crippen LogP contribution >= 0.6 is 23.1 Å². The Kier molecular flexibility index (Phi) is 6.73. The molecule has 2 heterocycles. The molecule has 0 radical (unpaired) electrons. The molecule has 8 heteroatoms. The van der Waals surface area contributed by atoms with Gasteiger partial charge in [-0.3, -0.25) is 14.9 Å². The second-order valence-corrected chi connectivity index (χ2v) is 10.8. The van der Waals surface area contributed by atoms with E-state index in [1.54, 1.807) is 11.8 Å². The number of anilines is 1. The molecule has 170 valence electrons. The van der Waals surface area contributed by atoms with Crippen LogP contribution in [-0.2, 0) is 10.5 Å². The summed E-state index contributed by atoms with van der Waals surface area (Å²) in [7, 11) is 0. The molecule has 1 aromatic heterocycles. The standard InChI is InChI=1S/C25H26N4O2S2/c30-22(26-24-27-28-25(33-24)32-16-17-9-3-1-4-10-17)21-15-19-13-7-8-14-20(19)29(21)23(31)18-11-5-2-6-12-18/h1-6,9-12,19-21H,7-8,13-16H2,(H,26,27,30). The van der Waals surface area contributed by atoms with Gasteiger partial charge in [0.25, 0.3) is 5.91 Å². The first-order valence-electron chi connectivity index (χ1n) is 11.4. The Morgan fingerprint density at radius 1 is 1.00 bits per heavy atom. The maximum Gasteiger partial charge on any atom is 0.254 e. The third-order valence-corrected chi connectivity index (χ3v) is 8.53. The molecule has 2 amide bonds.